The van der Waals surface area contributed by atoms with Crippen LogP contribution in [0, 0.1) is 13.8 Å². The van der Waals surface area contributed by atoms with Crippen LogP contribution in [0.1, 0.15) is 37.0 Å². The Morgan fingerprint density at radius 1 is 0.236 bits per heavy atom. The van der Waals surface area contributed by atoms with E-state index in [1.54, 1.807) is 12.2 Å². The Kier molecular flexibility index (Phi) is 25.2. The standard InChI is InChI=1S/C56H37N.C48H31N.C24H21N.C6H10.C3H6/c1-5-15-38(16-6-1)44-28-33-53-50(35-44)51-36-45(39-17-7-2-8-18-39)29-34-54(51)57(53)46-30-25-40(26-31-46)43-27-32-49-52(37-43)56(42-21-11-4-12-22-42)48-24-14-13-23-47(48)55(49)41-19-9-3-10-20-41;1-3-15-32(16-4-1)47-40-23-9-10-24-41(40)48(33-17-5-2-6-18-33)43-31-34(27-28-42(43)47)35-29-30-46(37-20-8-7-19-36(35)37)49-44-25-13-11-21-38(44)39-22-12-14-26-45(39)49;1-5-16(2)21-14-18(4)24(15-17(21)3)25-22-12-8-6-10-19(22)20-11-7-9-13-23(20)25;1-3-5-6-4-2;1-3-2/h1-37H;1-31H;5-15H,1-2H2,3-4H3;3,5-6H,1,4H2,2H3;3H,1H2,2H3/b;;;6-5-;. The molecule has 0 atom stereocenters. The molecule has 0 spiro atoms. The summed E-state index contributed by atoms with van der Waals surface area (Å²) in [6, 6.07) is 172. The molecule has 0 radical (unpaired) electrons. The summed E-state index contributed by atoms with van der Waals surface area (Å²) in [6.07, 6.45) is 10.5. The van der Waals surface area contributed by atoms with Gasteiger partial charge in [-0.3, -0.25) is 0 Å². The van der Waals surface area contributed by atoms with Crippen molar-refractivity contribution in [3.05, 3.63) is 547 Å². The lowest BCUT2D eigenvalue weighted by molar-refractivity contribution is 1.14. The van der Waals surface area contributed by atoms with Crippen molar-refractivity contribution >= 4 is 125 Å². The minimum Gasteiger partial charge on any atom is -0.309 e. The Morgan fingerprint density at radius 3 is 0.907 bits per heavy atom. The fourth-order valence-corrected chi connectivity index (χ4v) is 20.9. The minimum atomic E-state index is 0.967. The molecule has 0 fully saturated rings. The average molecular weight is 1790 g/mol. The smallest absolute Gasteiger partial charge is 0.0541 e. The molecule has 0 aliphatic heterocycles. The van der Waals surface area contributed by atoms with Gasteiger partial charge in [-0.15, -0.1) is 6.58 Å². The third-order valence-electron chi connectivity index (χ3n) is 27.2. The predicted octanol–water partition coefficient (Wildman–Crippen LogP) is 38.6. The maximum absolute atomic E-state index is 4.11. The van der Waals surface area contributed by atoms with Gasteiger partial charge in [-0.25, -0.2) is 0 Å². The number of aryl methyl sites for hydroxylation is 2. The van der Waals surface area contributed by atoms with E-state index in [9.17, 15) is 0 Å². The van der Waals surface area contributed by atoms with Crippen LogP contribution < -0.4 is 0 Å². The first-order valence-electron chi connectivity index (χ1n) is 48.3. The first-order valence-corrected chi connectivity index (χ1v) is 48.3. The molecule has 25 rings (SSSR count). The van der Waals surface area contributed by atoms with Crippen molar-refractivity contribution in [2.75, 3.05) is 0 Å². The third-order valence-corrected chi connectivity index (χ3v) is 27.2. The van der Waals surface area contributed by atoms with Gasteiger partial charge in [-0.1, -0.05) is 439 Å². The Labute approximate surface area is 819 Å². The van der Waals surface area contributed by atoms with E-state index in [0.717, 1.165) is 23.2 Å². The summed E-state index contributed by atoms with van der Waals surface area (Å²) >= 11 is 0. The zero-order chi connectivity index (χ0) is 95.1. The molecule has 3 nitrogen and oxygen atoms in total. The topological polar surface area (TPSA) is 14.8 Å². The first kappa shape index (κ1) is 88.8. The number of benzene rings is 22. The van der Waals surface area contributed by atoms with Crippen LogP contribution in [0.25, 0.3) is 231 Å². The second-order valence-corrected chi connectivity index (χ2v) is 35.7. The number of rotatable bonds is 15. The Morgan fingerprint density at radius 2 is 0.529 bits per heavy atom. The van der Waals surface area contributed by atoms with E-state index in [2.05, 4.69) is 540 Å². The van der Waals surface area contributed by atoms with Crippen LogP contribution in [0.2, 0.25) is 0 Å². The lowest BCUT2D eigenvalue weighted by Gasteiger charge is -2.19. The molecular formula is C137H105N3. The van der Waals surface area contributed by atoms with Gasteiger partial charge in [-0.2, -0.15) is 0 Å². The number of para-hydroxylation sites is 4. The Bertz CT molecular complexity index is 8820. The number of aromatic nitrogens is 3. The summed E-state index contributed by atoms with van der Waals surface area (Å²) in [7, 11) is 0. The van der Waals surface area contributed by atoms with Crippen LogP contribution in [-0.4, -0.2) is 13.7 Å². The molecule has 3 aromatic heterocycles. The lowest BCUT2D eigenvalue weighted by atomic mass is 9.84. The van der Waals surface area contributed by atoms with Gasteiger partial charge >= 0.3 is 0 Å². The van der Waals surface area contributed by atoms with Gasteiger partial charge in [0.05, 0.1) is 38.8 Å². The van der Waals surface area contributed by atoms with E-state index in [-0.39, 0.29) is 0 Å². The molecule has 22 aromatic carbocycles. The fraction of sp³-hybridized carbons (Fsp3) is 0.0365. The van der Waals surface area contributed by atoms with E-state index in [0.29, 0.717) is 0 Å². The van der Waals surface area contributed by atoms with E-state index in [1.807, 2.05) is 19.1 Å². The highest BCUT2D eigenvalue weighted by atomic mass is 15.0. The van der Waals surface area contributed by atoms with Crippen molar-refractivity contribution in [2.45, 2.75) is 34.1 Å². The summed E-state index contributed by atoms with van der Waals surface area (Å²) in [5.74, 6) is 0. The van der Waals surface area contributed by atoms with Crippen molar-refractivity contribution < 1.29 is 0 Å². The maximum Gasteiger partial charge on any atom is 0.0541 e. The Hall–Kier alpha value is -17.8. The summed E-state index contributed by atoms with van der Waals surface area (Å²) in [4.78, 5) is 0. The molecule has 0 aliphatic carbocycles. The number of allylic oxidation sites excluding steroid dienone is 6. The molecule has 0 bridgehead atoms. The first-order chi connectivity index (χ1) is 69.1. The highest BCUT2D eigenvalue weighted by Gasteiger charge is 2.25. The average Bonchev–Trinajstić information content (AvgIpc) is 1.33. The summed E-state index contributed by atoms with van der Waals surface area (Å²) in [6.45, 7) is 23.1. The molecule has 0 saturated carbocycles. The Balaban J connectivity index is 0.000000127. The number of fused-ring (bicyclic) bond motifs is 14. The highest BCUT2D eigenvalue weighted by molar-refractivity contribution is 6.25. The van der Waals surface area contributed by atoms with Crippen LogP contribution in [0.4, 0.5) is 0 Å². The number of nitrogens with zero attached hydrogens (tertiary/aromatic N) is 3. The van der Waals surface area contributed by atoms with Crippen molar-refractivity contribution in [3.63, 3.8) is 0 Å². The quantitative estimate of drug-likeness (QED) is 0.0552. The van der Waals surface area contributed by atoms with Gasteiger partial charge in [0.2, 0.25) is 0 Å². The van der Waals surface area contributed by atoms with Gasteiger partial charge in [-0.05, 0) is 278 Å². The van der Waals surface area contributed by atoms with Gasteiger partial charge in [0.15, 0.2) is 0 Å². The lowest BCUT2D eigenvalue weighted by Crippen LogP contribution is -2.00. The zero-order valence-electron chi connectivity index (χ0n) is 79.3. The second kappa shape index (κ2) is 39.7. The molecule has 0 N–H and O–H groups in total. The largest absolute Gasteiger partial charge is 0.309 e. The van der Waals surface area contributed by atoms with Crippen LogP contribution in [-0.2, 0) is 0 Å². The highest BCUT2D eigenvalue weighted by Crippen LogP contribution is 2.50. The van der Waals surface area contributed by atoms with Crippen LogP contribution in [0.5, 0.6) is 0 Å². The van der Waals surface area contributed by atoms with Gasteiger partial charge in [0, 0.05) is 49.1 Å². The molecular weight excluding hydrogens is 1690 g/mol. The third kappa shape index (κ3) is 16.8. The van der Waals surface area contributed by atoms with Crippen LogP contribution >= 0.6 is 0 Å². The van der Waals surface area contributed by atoms with Crippen LogP contribution in [0.15, 0.2) is 530 Å². The molecule has 25 aromatic rings. The molecule has 0 saturated heterocycles. The van der Waals surface area contributed by atoms with Crippen molar-refractivity contribution in [3.8, 4) is 106 Å². The molecule has 0 amide bonds. The van der Waals surface area contributed by atoms with Crippen molar-refractivity contribution in [1.82, 2.24) is 13.7 Å². The molecule has 668 valence electrons. The van der Waals surface area contributed by atoms with E-state index in [4.69, 9.17) is 0 Å². The van der Waals surface area contributed by atoms with E-state index < -0.39 is 0 Å². The normalized spacial score (nSPS) is 11.3. The van der Waals surface area contributed by atoms with Gasteiger partial charge < -0.3 is 13.7 Å². The molecule has 0 aliphatic rings. The molecule has 140 heavy (non-hydrogen) atoms. The van der Waals surface area contributed by atoms with Crippen molar-refractivity contribution in [2.24, 2.45) is 0 Å². The van der Waals surface area contributed by atoms with Crippen molar-refractivity contribution in [1.29, 1.82) is 0 Å². The zero-order valence-corrected chi connectivity index (χ0v) is 79.3. The second-order valence-electron chi connectivity index (χ2n) is 35.7. The van der Waals surface area contributed by atoms with Crippen LogP contribution in [0.3, 0.4) is 0 Å². The summed E-state index contributed by atoms with van der Waals surface area (Å²) in [5.41, 5.74) is 35.2. The van der Waals surface area contributed by atoms with E-state index >= 15 is 0 Å². The fourth-order valence-electron chi connectivity index (χ4n) is 20.9. The molecule has 0 unspecified atom stereocenters. The molecule has 3 heteroatoms. The maximum atomic E-state index is 4.11. The summed E-state index contributed by atoms with van der Waals surface area (Å²) in [5, 5.41) is 20.2. The van der Waals surface area contributed by atoms with Gasteiger partial charge in [0.1, 0.15) is 0 Å². The monoisotopic (exact) mass is 1790 g/mol. The van der Waals surface area contributed by atoms with Gasteiger partial charge in [0.25, 0.3) is 0 Å². The SMILES string of the molecule is C=C/C=C\CC.C=CC.C=CC(=C)c1cc(C)c(-n2c3ccccc3c3ccccc32)cc1C.c1ccc(-c2c3ccccc3c(-c3ccccc3)c3cc(-c4ccc(-n5c6ccccc6c6ccccc65)c5ccccc45)ccc23)cc1.c1ccc(-c2ccc3c(c2)c2cc(-c4ccccc4)ccc2n3-c2ccc(-c3ccc4c(-c5ccccc5)c5ccccc5c(-c5ccccc5)c4c3)cc2)cc1. The summed E-state index contributed by atoms with van der Waals surface area (Å²) < 4.78 is 7.22. The predicted molar refractivity (Wildman–Crippen MR) is 608 cm³/mol. The van der Waals surface area contributed by atoms with E-state index in [1.165, 1.54) is 231 Å². The molecule has 3 heterocycles. The number of hydrogen-bond donors (Lipinski definition) is 0. The minimum absolute atomic E-state index is 0.967. The number of hydrogen-bond acceptors (Lipinski definition) is 0.